The molecule has 3 unspecified atom stereocenters. The molecule has 0 saturated heterocycles. The number of oxime groups is 1. The Hall–Kier alpha value is -0.602. The molecule has 0 N–H and O–H groups in total. The molecule has 3 atom stereocenters. The van der Waals surface area contributed by atoms with Crippen LogP contribution in [-0.2, 0) is 29.1 Å². The van der Waals surface area contributed by atoms with E-state index in [1.807, 2.05) is 30.3 Å². The average molecular weight is 544 g/mol. The van der Waals surface area contributed by atoms with Crippen LogP contribution in [0.2, 0.25) is 78.6 Å². The summed E-state index contributed by atoms with van der Waals surface area (Å²) in [5.41, 5.74) is 1.07. The van der Waals surface area contributed by atoms with Gasteiger partial charge in [0.2, 0.25) is 0 Å². The van der Waals surface area contributed by atoms with Gasteiger partial charge in [0.05, 0.1) is 18.9 Å². The molecule has 0 aliphatic carbocycles. The van der Waals surface area contributed by atoms with Crippen molar-refractivity contribution in [2.24, 2.45) is 5.16 Å². The number of benzene rings is 1. The Kier molecular flexibility index (Phi) is 12.1. The summed E-state index contributed by atoms with van der Waals surface area (Å²) < 4.78 is 26.4. The van der Waals surface area contributed by atoms with Gasteiger partial charge in [0, 0.05) is 0 Å². The SMILES string of the molecule is C[Si](C)(C)OCC(O[Si](C)(C)C)C(O[Si](C)(C)C)C(/C=N/OCc1ccccc1)O[Si](C)(C)C. The van der Waals surface area contributed by atoms with Gasteiger partial charge in [0.25, 0.3) is 0 Å². The molecule has 34 heavy (non-hydrogen) atoms. The van der Waals surface area contributed by atoms with Gasteiger partial charge in [0.15, 0.2) is 33.3 Å². The van der Waals surface area contributed by atoms with Crippen molar-refractivity contribution >= 4 is 39.5 Å². The first-order valence-electron chi connectivity index (χ1n) is 12.2. The second-order valence-electron chi connectivity index (χ2n) is 12.6. The molecule has 0 aliphatic heterocycles. The van der Waals surface area contributed by atoms with Crippen molar-refractivity contribution in [2.45, 2.75) is 103 Å². The van der Waals surface area contributed by atoms with E-state index in [1.54, 1.807) is 6.21 Å². The highest BCUT2D eigenvalue weighted by Crippen LogP contribution is 2.24. The summed E-state index contributed by atoms with van der Waals surface area (Å²) in [5.74, 6) is 0. The van der Waals surface area contributed by atoms with E-state index in [9.17, 15) is 0 Å². The summed E-state index contributed by atoms with van der Waals surface area (Å²) in [5, 5.41) is 4.32. The third-order valence-corrected chi connectivity index (χ3v) is 8.21. The lowest BCUT2D eigenvalue weighted by Crippen LogP contribution is -2.55. The van der Waals surface area contributed by atoms with Crippen LogP contribution in [0.3, 0.4) is 0 Å². The lowest BCUT2D eigenvalue weighted by molar-refractivity contribution is -0.0285. The van der Waals surface area contributed by atoms with Crippen LogP contribution in [-0.4, -0.2) is 64.4 Å². The van der Waals surface area contributed by atoms with E-state index in [0.717, 1.165) is 5.56 Å². The Labute approximate surface area is 212 Å². The molecule has 0 aromatic heterocycles. The lowest BCUT2D eigenvalue weighted by Gasteiger charge is -2.41. The van der Waals surface area contributed by atoms with Gasteiger partial charge in [-0.25, -0.2) is 0 Å². The molecule has 0 saturated carbocycles. The van der Waals surface area contributed by atoms with Crippen molar-refractivity contribution in [3.63, 3.8) is 0 Å². The second kappa shape index (κ2) is 13.1. The van der Waals surface area contributed by atoms with Crippen molar-refractivity contribution < 1.29 is 22.5 Å². The molecule has 1 aromatic carbocycles. The molecular formula is C24H49NO5Si4. The van der Waals surface area contributed by atoms with Gasteiger partial charge in [0.1, 0.15) is 18.8 Å². The predicted molar refractivity (Wildman–Crippen MR) is 154 cm³/mol. The van der Waals surface area contributed by atoms with Crippen LogP contribution in [0, 0.1) is 0 Å². The van der Waals surface area contributed by atoms with E-state index in [2.05, 4.69) is 83.7 Å². The zero-order chi connectivity index (χ0) is 26.2. The van der Waals surface area contributed by atoms with Gasteiger partial charge in [-0.3, -0.25) is 0 Å². The standard InChI is InChI=1S/C24H49NO5Si4/c1-31(2,3)27-20-23(29-33(7,8)9)24(30-34(10,11)12)22(28-32(4,5)6)18-25-26-19-21-16-14-13-15-17-21/h13-18,22-24H,19-20H2,1-12H3/b25-18+. The highest BCUT2D eigenvalue weighted by atomic mass is 28.4. The summed E-state index contributed by atoms with van der Waals surface area (Å²) in [4.78, 5) is 5.64. The van der Waals surface area contributed by atoms with Crippen molar-refractivity contribution in [1.29, 1.82) is 0 Å². The Morgan fingerprint density at radius 3 is 1.71 bits per heavy atom. The van der Waals surface area contributed by atoms with Crippen molar-refractivity contribution in [3.8, 4) is 0 Å². The minimum Gasteiger partial charge on any atom is -0.415 e. The van der Waals surface area contributed by atoms with Crippen LogP contribution in [0.25, 0.3) is 0 Å². The maximum atomic E-state index is 6.76. The number of hydrogen-bond acceptors (Lipinski definition) is 6. The van der Waals surface area contributed by atoms with Crippen molar-refractivity contribution in [3.05, 3.63) is 35.9 Å². The van der Waals surface area contributed by atoms with Gasteiger partial charge in [-0.15, -0.1) is 0 Å². The Morgan fingerprint density at radius 1 is 0.706 bits per heavy atom. The lowest BCUT2D eigenvalue weighted by atomic mass is 10.1. The summed E-state index contributed by atoms with van der Waals surface area (Å²) >= 11 is 0. The fourth-order valence-electron chi connectivity index (χ4n) is 3.12. The number of rotatable bonds is 15. The number of nitrogens with zero attached hydrogens (tertiary/aromatic N) is 1. The Balaban J connectivity index is 3.26. The topological polar surface area (TPSA) is 58.5 Å². The normalized spacial score (nSPS) is 16.5. The molecule has 1 aromatic rings. The minimum atomic E-state index is -1.95. The zero-order valence-electron chi connectivity index (χ0n) is 23.6. The van der Waals surface area contributed by atoms with E-state index in [1.165, 1.54) is 0 Å². The molecule has 0 bridgehead atoms. The van der Waals surface area contributed by atoms with E-state index in [0.29, 0.717) is 13.2 Å². The van der Waals surface area contributed by atoms with E-state index in [-0.39, 0.29) is 18.3 Å². The Bertz CT molecular complexity index is 737. The molecule has 0 fully saturated rings. The van der Waals surface area contributed by atoms with Crippen LogP contribution in [0.1, 0.15) is 5.56 Å². The highest BCUT2D eigenvalue weighted by Gasteiger charge is 2.40. The molecule has 196 valence electrons. The Morgan fingerprint density at radius 2 is 1.24 bits per heavy atom. The van der Waals surface area contributed by atoms with Crippen molar-refractivity contribution in [2.75, 3.05) is 6.61 Å². The molecule has 0 radical (unpaired) electrons. The quantitative estimate of drug-likeness (QED) is 0.140. The minimum absolute atomic E-state index is 0.243. The summed E-state index contributed by atoms with van der Waals surface area (Å²) in [6, 6.07) is 10.0. The molecule has 0 spiro atoms. The van der Waals surface area contributed by atoms with E-state index in [4.69, 9.17) is 22.5 Å². The van der Waals surface area contributed by atoms with Gasteiger partial charge < -0.3 is 22.5 Å². The highest BCUT2D eigenvalue weighted by molar-refractivity contribution is 6.71. The second-order valence-corrected chi connectivity index (χ2v) is 30.5. The third-order valence-electron chi connectivity index (χ3n) is 4.21. The zero-order valence-corrected chi connectivity index (χ0v) is 27.6. The molecule has 6 nitrogen and oxygen atoms in total. The first-order chi connectivity index (χ1) is 15.3. The van der Waals surface area contributed by atoms with Gasteiger partial charge in [-0.1, -0.05) is 35.5 Å². The first kappa shape index (κ1) is 31.4. The fraction of sp³-hybridized carbons (Fsp3) is 0.708. The molecule has 10 heteroatoms. The number of hydrogen-bond donors (Lipinski definition) is 0. The van der Waals surface area contributed by atoms with Crippen molar-refractivity contribution in [1.82, 2.24) is 0 Å². The van der Waals surface area contributed by atoms with Crippen LogP contribution in [0.5, 0.6) is 0 Å². The first-order valence-corrected chi connectivity index (χ1v) is 25.8. The van der Waals surface area contributed by atoms with Gasteiger partial charge in [-0.2, -0.15) is 0 Å². The molecule has 1 rings (SSSR count). The summed E-state index contributed by atoms with van der Waals surface area (Å²) in [6.07, 6.45) is 0.805. The van der Waals surface area contributed by atoms with Crippen LogP contribution in [0.15, 0.2) is 35.5 Å². The maximum Gasteiger partial charge on any atom is 0.184 e. The van der Waals surface area contributed by atoms with Crippen LogP contribution < -0.4 is 0 Å². The third kappa shape index (κ3) is 15.4. The maximum absolute atomic E-state index is 6.76. The molecular weight excluding hydrogens is 495 g/mol. The van der Waals surface area contributed by atoms with Crippen LogP contribution in [0.4, 0.5) is 0 Å². The van der Waals surface area contributed by atoms with Gasteiger partial charge in [-0.05, 0) is 84.1 Å². The smallest absolute Gasteiger partial charge is 0.184 e. The van der Waals surface area contributed by atoms with Crippen LogP contribution >= 0.6 is 0 Å². The van der Waals surface area contributed by atoms with E-state index >= 15 is 0 Å². The summed E-state index contributed by atoms with van der Waals surface area (Å²) in [6.45, 7) is 27.2. The predicted octanol–water partition coefficient (Wildman–Crippen LogP) is 6.70. The van der Waals surface area contributed by atoms with Gasteiger partial charge >= 0.3 is 0 Å². The van der Waals surface area contributed by atoms with E-state index < -0.39 is 33.3 Å². The molecule has 0 heterocycles. The monoisotopic (exact) mass is 543 g/mol. The summed E-state index contributed by atoms with van der Waals surface area (Å²) in [7, 11) is -7.52. The fourth-order valence-corrected chi connectivity index (χ4v) is 7.01. The largest absolute Gasteiger partial charge is 0.415 e. The molecule has 0 amide bonds. The molecule has 0 aliphatic rings. The average Bonchev–Trinajstić information content (AvgIpc) is 2.63.